The predicted octanol–water partition coefficient (Wildman–Crippen LogP) is 7.44. The number of hydrogen-bond acceptors (Lipinski definition) is 8. The highest BCUT2D eigenvalue weighted by Crippen LogP contribution is 2.58. The van der Waals surface area contributed by atoms with E-state index < -0.39 is 7.60 Å². The summed E-state index contributed by atoms with van der Waals surface area (Å²) in [6.07, 6.45) is 2.50. The monoisotopic (exact) mass is 533 g/mol. The van der Waals surface area contributed by atoms with Crippen molar-refractivity contribution in [3.63, 3.8) is 0 Å². The highest BCUT2D eigenvalue weighted by molar-refractivity contribution is 7.54. The summed E-state index contributed by atoms with van der Waals surface area (Å²) in [5.74, 6) is 1.50. The molecule has 4 rings (SSSR count). The maximum absolute atomic E-state index is 13.1. The Bertz CT molecular complexity index is 1190. The van der Waals surface area contributed by atoms with Crippen molar-refractivity contribution < 1.29 is 22.9 Å². The molecule has 194 valence electrons. The second-order valence-electron chi connectivity index (χ2n) is 9.00. The van der Waals surface area contributed by atoms with Crippen molar-refractivity contribution in [3.8, 4) is 28.6 Å². The number of aromatic nitrogens is 2. The normalized spacial score (nSPS) is 18.1. The van der Waals surface area contributed by atoms with Gasteiger partial charge >= 0.3 is 7.60 Å². The van der Waals surface area contributed by atoms with Crippen LogP contribution < -0.4 is 10.1 Å². The summed E-state index contributed by atoms with van der Waals surface area (Å²) < 4.78 is 35.4. The Balaban J connectivity index is 1.39. The number of rotatable bonds is 11. The van der Waals surface area contributed by atoms with E-state index in [0.717, 1.165) is 36.1 Å². The summed E-state index contributed by atoms with van der Waals surface area (Å²) in [6, 6.07) is 13.5. The average Bonchev–Trinajstić information content (AvgIpc) is 3.52. The number of benzene rings is 2. The maximum atomic E-state index is 13.1. The van der Waals surface area contributed by atoms with Crippen LogP contribution in [0.2, 0.25) is 5.02 Å². The van der Waals surface area contributed by atoms with Crippen molar-refractivity contribution in [3.05, 3.63) is 47.5 Å². The van der Waals surface area contributed by atoms with E-state index in [9.17, 15) is 4.57 Å². The van der Waals surface area contributed by atoms with E-state index in [4.69, 9.17) is 29.9 Å². The van der Waals surface area contributed by atoms with E-state index in [1.54, 1.807) is 6.07 Å². The van der Waals surface area contributed by atoms with E-state index in [-0.39, 0.29) is 17.8 Å². The maximum Gasteiger partial charge on any atom is 0.333 e. The molecule has 3 aromatic rings. The fourth-order valence-electron chi connectivity index (χ4n) is 4.38. The van der Waals surface area contributed by atoms with Gasteiger partial charge in [-0.05, 0) is 89.4 Å². The van der Waals surface area contributed by atoms with Crippen molar-refractivity contribution in [2.45, 2.75) is 64.8 Å². The Labute approximate surface area is 217 Å². The van der Waals surface area contributed by atoms with E-state index in [1.807, 2.05) is 64.1 Å². The minimum Gasteiger partial charge on any atom is -0.489 e. The fourth-order valence-corrected chi connectivity index (χ4v) is 6.80. The fraction of sp³-hybridized carbons (Fsp3) is 0.462. The van der Waals surface area contributed by atoms with Crippen LogP contribution in [0.15, 0.2) is 47.0 Å². The van der Waals surface area contributed by atoms with E-state index in [0.29, 0.717) is 35.7 Å². The van der Waals surface area contributed by atoms with Gasteiger partial charge in [-0.2, -0.15) is 4.98 Å². The molecule has 0 spiro atoms. The van der Waals surface area contributed by atoms with Gasteiger partial charge < -0.3 is 23.6 Å². The van der Waals surface area contributed by atoms with Crippen molar-refractivity contribution in [1.29, 1.82) is 0 Å². The third kappa shape index (κ3) is 6.30. The molecule has 10 heteroatoms. The molecular weight excluding hydrogens is 501 g/mol. The first-order valence-electron chi connectivity index (χ1n) is 12.4. The molecule has 1 N–H and O–H groups in total. The Hall–Kier alpha value is -2.38. The first-order chi connectivity index (χ1) is 17.3. The zero-order valence-corrected chi connectivity index (χ0v) is 22.7. The lowest BCUT2D eigenvalue weighted by Crippen LogP contribution is -2.17. The summed E-state index contributed by atoms with van der Waals surface area (Å²) in [6.45, 7) is 8.36. The number of hydrogen-bond donors (Lipinski definition) is 1. The molecule has 0 bridgehead atoms. The molecule has 2 atom stereocenters. The summed E-state index contributed by atoms with van der Waals surface area (Å²) in [4.78, 5) is 4.53. The summed E-state index contributed by atoms with van der Waals surface area (Å²) in [7, 11) is -3.08. The van der Waals surface area contributed by atoms with Gasteiger partial charge in [0.15, 0.2) is 0 Å². The van der Waals surface area contributed by atoms with Crippen molar-refractivity contribution in [2.24, 2.45) is 0 Å². The molecular formula is C26H33ClN3O5P. The molecule has 0 saturated heterocycles. The quantitative estimate of drug-likeness (QED) is 0.254. The van der Waals surface area contributed by atoms with Crippen molar-refractivity contribution in [1.82, 2.24) is 10.1 Å². The largest absolute Gasteiger partial charge is 0.489 e. The van der Waals surface area contributed by atoms with Crippen LogP contribution in [-0.2, 0) is 13.6 Å². The van der Waals surface area contributed by atoms with Gasteiger partial charge in [0.1, 0.15) is 5.75 Å². The Morgan fingerprint density at radius 2 is 1.78 bits per heavy atom. The topological polar surface area (TPSA) is 95.7 Å². The number of nitrogens with zero attached hydrogens (tertiary/aromatic N) is 2. The molecule has 8 nitrogen and oxygen atoms in total. The predicted molar refractivity (Wildman–Crippen MR) is 142 cm³/mol. The van der Waals surface area contributed by atoms with Crippen molar-refractivity contribution in [2.75, 3.05) is 18.5 Å². The highest BCUT2D eigenvalue weighted by atomic mass is 35.5. The minimum absolute atomic E-state index is 0.0320. The number of anilines is 1. The molecule has 0 radical (unpaired) electrons. The van der Waals surface area contributed by atoms with Gasteiger partial charge in [0.2, 0.25) is 5.82 Å². The molecule has 1 saturated carbocycles. The van der Waals surface area contributed by atoms with Gasteiger partial charge in [-0.15, -0.1) is 0 Å². The third-order valence-electron chi connectivity index (χ3n) is 5.95. The van der Waals surface area contributed by atoms with E-state index >= 15 is 0 Å². The van der Waals surface area contributed by atoms with Gasteiger partial charge in [-0.3, -0.25) is 4.57 Å². The molecule has 1 fully saturated rings. The lowest BCUT2D eigenvalue weighted by atomic mass is 10.1. The Morgan fingerprint density at radius 1 is 1.08 bits per heavy atom. The molecule has 1 heterocycles. The zero-order chi connectivity index (χ0) is 25.7. The third-order valence-corrected chi connectivity index (χ3v) is 8.85. The lowest BCUT2D eigenvalue weighted by Gasteiger charge is -2.23. The molecule has 1 aromatic heterocycles. The summed E-state index contributed by atoms with van der Waals surface area (Å²) >= 11 is 6.35. The Morgan fingerprint density at radius 3 is 2.42 bits per heavy atom. The molecule has 1 aliphatic carbocycles. The van der Waals surface area contributed by atoms with Gasteiger partial charge in [-0.25, -0.2) is 0 Å². The SMILES string of the molecule is CCOP(=O)(OCC)[C@H]1CC[C@@H](Nc2ccc(-c3nc(-c4ccc(OC(C)C)c(Cl)c4)no3)cc2)C1. The molecule has 1 aliphatic rings. The molecule has 0 amide bonds. The minimum atomic E-state index is -3.08. The van der Waals surface area contributed by atoms with Crippen LogP contribution in [-0.4, -0.2) is 41.2 Å². The smallest absolute Gasteiger partial charge is 0.333 e. The Kier molecular flexibility index (Phi) is 8.73. The highest BCUT2D eigenvalue weighted by Gasteiger charge is 2.40. The second kappa shape index (κ2) is 11.8. The second-order valence-corrected chi connectivity index (χ2v) is 11.7. The van der Waals surface area contributed by atoms with Crippen LogP contribution in [0.4, 0.5) is 5.69 Å². The van der Waals surface area contributed by atoms with Crippen LogP contribution in [0.1, 0.15) is 47.0 Å². The summed E-state index contributed by atoms with van der Waals surface area (Å²) in [5.41, 5.74) is 2.45. The number of ether oxygens (including phenoxy) is 1. The summed E-state index contributed by atoms with van der Waals surface area (Å²) in [5, 5.41) is 8.14. The zero-order valence-electron chi connectivity index (χ0n) is 21.1. The van der Waals surface area contributed by atoms with E-state index in [1.165, 1.54) is 0 Å². The first kappa shape index (κ1) is 26.7. The van der Waals surface area contributed by atoms with Gasteiger partial charge in [-0.1, -0.05) is 16.8 Å². The standard InChI is InChI=1S/C26H33ClN3O5P/c1-5-32-36(31,33-6-2)22-13-12-21(16-22)28-20-10-7-18(8-11-20)26-29-25(30-35-26)19-9-14-24(23(27)15-19)34-17(3)4/h7-11,14-15,17,21-22,28H,5-6,12-13,16H2,1-4H3/t21-,22+/m1/s1. The van der Waals surface area contributed by atoms with Gasteiger partial charge in [0.05, 0.1) is 30.0 Å². The van der Waals surface area contributed by atoms with Gasteiger partial charge in [0.25, 0.3) is 5.89 Å². The number of halogens is 1. The molecule has 2 aromatic carbocycles. The van der Waals surface area contributed by atoms with Crippen molar-refractivity contribution >= 4 is 24.9 Å². The molecule has 36 heavy (non-hydrogen) atoms. The van der Waals surface area contributed by atoms with Crippen LogP contribution in [0.25, 0.3) is 22.8 Å². The average molecular weight is 534 g/mol. The molecule has 0 aliphatic heterocycles. The lowest BCUT2D eigenvalue weighted by molar-refractivity contribution is 0.212. The first-order valence-corrected chi connectivity index (χ1v) is 14.4. The molecule has 0 unspecified atom stereocenters. The van der Waals surface area contributed by atoms with Crippen LogP contribution in [0, 0.1) is 0 Å². The van der Waals surface area contributed by atoms with Crippen LogP contribution in [0.5, 0.6) is 5.75 Å². The van der Waals surface area contributed by atoms with E-state index in [2.05, 4.69) is 15.5 Å². The number of nitrogens with one attached hydrogen (secondary N) is 1. The van der Waals surface area contributed by atoms with Crippen LogP contribution in [0.3, 0.4) is 0 Å². The van der Waals surface area contributed by atoms with Crippen LogP contribution >= 0.6 is 19.2 Å². The van der Waals surface area contributed by atoms with Gasteiger partial charge in [0, 0.05) is 22.9 Å².